The molecule has 0 bridgehead atoms. The molecule has 200 valence electrons. The van der Waals surface area contributed by atoms with Gasteiger partial charge in [-0.1, -0.05) is 18.2 Å². The smallest absolute Gasteiger partial charge is 0.229 e. The first-order valence-electron chi connectivity index (χ1n) is 12.4. The number of quaternary nitrogens is 1. The van der Waals surface area contributed by atoms with Gasteiger partial charge in [-0.25, -0.2) is 18.8 Å². The van der Waals surface area contributed by atoms with Crippen molar-refractivity contribution in [3.63, 3.8) is 0 Å². The monoisotopic (exact) mass is 527 g/mol. The van der Waals surface area contributed by atoms with Gasteiger partial charge in [-0.3, -0.25) is 0 Å². The van der Waals surface area contributed by atoms with Crippen LogP contribution >= 0.6 is 0 Å². The Bertz CT molecular complexity index is 1170. The maximum atomic E-state index is 12.7. The van der Waals surface area contributed by atoms with Crippen LogP contribution in [-0.4, -0.2) is 46.6 Å². The third kappa shape index (κ3) is 9.49. The van der Waals surface area contributed by atoms with Gasteiger partial charge in [0, 0.05) is 40.8 Å². The van der Waals surface area contributed by atoms with E-state index < -0.39 is 11.0 Å². The van der Waals surface area contributed by atoms with E-state index in [1.165, 1.54) is 0 Å². The molecule has 0 saturated carbocycles. The predicted octanol–water partition coefficient (Wildman–Crippen LogP) is 3.67. The van der Waals surface area contributed by atoms with E-state index in [0.29, 0.717) is 29.9 Å². The summed E-state index contributed by atoms with van der Waals surface area (Å²) in [6.45, 7) is 12.8. The largest absolute Gasteiger partial charge is 0.376 e. The van der Waals surface area contributed by atoms with Gasteiger partial charge in [-0.05, 0) is 65.0 Å². The highest BCUT2D eigenvalue weighted by atomic mass is 32.2. The number of hydroxylamine groups is 2. The lowest BCUT2D eigenvalue weighted by molar-refractivity contribution is -1.10. The molecule has 37 heavy (non-hydrogen) atoms. The summed E-state index contributed by atoms with van der Waals surface area (Å²) in [7, 11) is 0.387. The molecule has 0 aliphatic carbocycles. The number of benzene rings is 2. The third-order valence-corrected chi connectivity index (χ3v) is 6.79. The summed E-state index contributed by atoms with van der Waals surface area (Å²) in [6, 6.07) is 15.6. The van der Waals surface area contributed by atoms with Crippen molar-refractivity contribution in [3.8, 4) is 0 Å². The summed E-state index contributed by atoms with van der Waals surface area (Å²) in [6.07, 6.45) is 1.77. The van der Waals surface area contributed by atoms with Crippen LogP contribution < -0.4 is 20.4 Å². The Morgan fingerprint density at radius 3 is 2.49 bits per heavy atom. The van der Waals surface area contributed by atoms with Gasteiger partial charge in [0.15, 0.2) is 0 Å². The lowest BCUT2D eigenvalue weighted by Gasteiger charge is -2.19. The third-order valence-electron chi connectivity index (χ3n) is 5.31. The topological polar surface area (TPSA) is 102 Å². The molecule has 0 spiro atoms. The molecule has 0 radical (unpaired) electrons. The molecule has 1 heterocycles. The zero-order valence-corrected chi connectivity index (χ0v) is 23.4. The van der Waals surface area contributed by atoms with Gasteiger partial charge in [-0.15, -0.1) is 0 Å². The Labute approximate surface area is 222 Å². The number of anilines is 4. The van der Waals surface area contributed by atoms with Gasteiger partial charge in [0.1, 0.15) is 29.9 Å². The van der Waals surface area contributed by atoms with Crippen molar-refractivity contribution >= 4 is 34.1 Å². The van der Waals surface area contributed by atoms with E-state index in [-0.39, 0.29) is 5.54 Å². The lowest BCUT2D eigenvalue weighted by Crippen LogP contribution is -3.10. The number of aromatic nitrogens is 2. The molecule has 2 atom stereocenters. The minimum atomic E-state index is -1.32. The Morgan fingerprint density at radius 2 is 1.81 bits per heavy atom. The molecule has 0 saturated heterocycles. The number of nitrogens with one attached hydrogen (secondary N) is 4. The quantitative estimate of drug-likeness (QED) is 0.199. The van der Waals surface area contributed by atoms with E-state index >= 15 is 0 Å². The molecule has 0 aliphatic rings. The molecule has 3 aromatic rings. The first-order chi connectivity index (χ1) is 17.7. The second kappa shape index (κ2) is 13.6. The molecule has 1 aromatic heterocycles. The van der Waals surface area contributed by atoms with Crippen molar-refractivity contribution in [1.29, 1.82) is 0 Å². The first-order valence-corrected chi connectivity index (χ1v) is 13.5. The van der Waals surface area contributed by atoms with E-state index in [1.54, 1.807) is 13.3 Å². The molecule has 10 heteroatoms. The highest BCUT2D eigenvalue weighted by Crippen LogP contribution is 2.23. The van der Waals surface area contributed by atoms with Crippen LogP contribution in [0.4, 0.5) is 23.1 Å². The standard InChI is InChI=1S/C27H38N6O3S/c1-7-36-16-15-33(35-6)19-21-11-13-22(14-12-21)30-26-28-18-20(2)25(31-26)29-23-9-8-10-24(17-23)37(34)32-27(3,4)5/h8-14,17-18,32H,7,15-16,19H2,1-6H3,(H2,28,29,30,31)/p+1. The van der Waals surface area contributed by atoms with E-state index in [0.717, 1.165) is 40.7 Å². The van der Waals surface area contributed by atoms with Crippen LogP contribution in [0.5, 0.6) is 0 Å². The normalized spacial score (nSPS) is 13.2. The van der Waals surface area contributed by atoms with E-state index in [2.05, 4.69) is 37.5 Å². The van der Waals surface area contributed by atoms with E-state index in [4.69, 9.17) is 9.57 Å². The summed E-state index contributed by atoms with van der Waals surface area (Å²) in [5.41, 5.74) is 3.48. The van der Waals surface area contributed by atoms with Gasteiger partial charge < -0.3 is 15.4 Å². The Morgan fingerprint density at radius 1 is 1.05 bits per heavy atom. The van der Waals surface area contributed by atoms with Gasteiger partial charge in [0.25, 0.3) is 0 Å². The molecule has 0 fully saturated rings. The number of ether oxygens (including phenoxy) is 1. The van der Waals surface area contributed by atoms with Crippen molar-refractivity contribution in [2.75, 3.05) is 37.5 Å². The van der Waals surface area contributed by atoms with Crippen molar-refractivity contribution in [2.24, 2.45) is 0 Å². The number of hydrogen-bond donors (Lipinski definition) is 4. The van der Waals surface area contributed by atoms with Crippen LogP contribution in [0.25, 0.3) is 0 Å². The predicted molar refractivity (Wildman–Crippen MR) is 149 cm³/mol. The highest BCUT2D eigenvalue weighted by molar-refractivity contribution is 7.83. The summed E-state index contributed by atoms with van der Waals surface area (Å²) in [5, 5.41) is 7.60. The van der Waals surface area contributed by atoms with Crippen LogP contribution in [0.1, 0.15) is 38.8 Å². The minimum absolute atomic E-state index is 0.260. The second-order valence-electron chi connectivity index (χ2n) is 9.69. The molecule has 0 amide bonds. The highest BCUT2D eigenvalue weighted by Gasteiger charge is 2.15. The molecule has 0 aliphatic heterocycles. The van der Waals surface area contributed by atoms with Crippen LogP contribution in [0, 0.1) is 6.92 Å². The van der Waals surface area contributed by atoms with Gasteiger partial charge in [0.05, 0.1) is 18.6 Å². The van der Waals surface area contributed by atoms with Gasteiger partial charge in [-0.2, -0.15) is 10.0 Å². The van der Waals surface area contributed by atoms with E-state index in [9.17, 15) is 4.21 Å². The number of hydrogen-bond acceptors (Lipinski definition) is 7. The van der Waals surface area contributed by atoms with Gasteiger partial charge in [0.2, 0.25) is 5.95 Å². The SMILES string of the molecule is CCOCC[NH+](Cc1ccc(Nc2ncc(C)c(Nc3cccc(S(=O)NC(C)(C)C)c3)n2)cc1)OC. The molecule has 2 unspecified atom stereocenters. The van der Waals surface area contributed by atoms with Crippen LogP contribution in [0.2, 0.25) is 0 Å². The second-order valence-corrected chi connectivity index (χ2v) is 10.9. The lowest BCUT2D eigenvalue weighted by atomic mass is 10.1. The fourth-order valence-corrected chi connectivity index (χ4v) is 4.56. The molecule has 9 nitrogen and oxygen atoms in total. The Kier molecular flexibility index (Phi) is 10.5. The van der Waals surface area contributed by atoms with Crippen LogP contribution in [-0.2, 0) is 27.1 Å². The van der Waals surface area contributed by atoms with Crippen molar-refractivity contribution < 1.29 is 18.8 Å². The number of rotatable bonds is 13. The average Bonchev–Trinajstić information content (AvgIpc) is 2.86. The van der Waals surface area contributed by atoms with Crippen molar-refractivity contribution in [3.05, 3.63) is 65.9 Å². The van der Waals surface area contributed by atoms with Gasteiger partial charge >= 0.3 is 0 Å². The molecule has 3 rings (SSSR count). The average molecular weight is 528 g/mol. The maximum Gasteiger partial charge on any atom is 0.229 e. The summed E-state index contributed by atoms with van der Waals surface area (Å²) in [5.74, 6) is 1.16. The molecular weight excluding hydrogens is 488 g/mol. The molecular formula is C27H39N6O3S+. The van der Waals surface area contributed by atoms with Crippen LogP contribution in [0.15, 0.2) is 59.6 Å². The van der Waals surface area contributed by atoms with Crippen molar-refractivity contribution in [1.82, 2.24) is 14.7 Å². The fraction of sp³-hybridized carbons (Fsp3) is 0.407. The Balaban J connectivity index is 1.65. The minimum Gasteiger partial charge on any atom is -0.376 e. The summed E-state index contributed by atoms with van der Waals surface area (Å²) in [4.78, 5) is 15.3. The molecule has 4 N–H and O–H groups in total. The number of nitrogens with zero attached hydrogens (tertiary/aromatic N) is 2. The maximum absolute atomic E-state index is 12.7. The zero-order valence-electron chi connectivity index (χ0n) is 22.6. The summed E-state index contributed by atoms with van der Waals surface area (Å²) < 4.78 is 21.2. The summed E-state index contributed by atoms with van der Waals surface area (Å²) >= 11 is 0. The van der Waals surface area contributed by atoms with E-state index in [1.807, 2.05) is 71.0 Å². The molecule has 2 aromatic carbocycles. The van der Waals surface area contributed by atoms with Crippen LogP contribution in [0.3, 0.4) is 0 Å². The fourth-order valence-electron chi connectivity index (χ4n) is 3.45. The zero-order chi connectivity index (χ0) is 26.8. The first kappa shape index (κ1) is 28.7. The number of aryl methyl sites for hydroxylation is 1. The van der Waals surface area contributed by atoms with Crippen molar-refractivity contribution in [2.45, 2.75) is 51.6 Å². The Hall–Kier alpha value is -2.89.